The lowest BCUT2D eigenvalue weighted by molar-refractivity contribution is -0.137. The lowest BCUT2D eigenvalue weighted by atomic mass is 10.1. The van der Waals surface area contributed by atoms with Gasteiger partial charge in [0.2, 0.25) is 0 Å². The minimum atomic E-state index is -0.747. The van der Waals surface area contributed by atoms with E-state index in [2.05, 4.69) is 10.3 Å². The van der Waals surface area contributed by atoms with E-state index in [1.165, 1.54) is 11.3 Å². The molecule has 94 valence electrons. The second kappa shape index (κ2) is 7.78. The summed E-state index contributed by atoms with van der Waals surface area (Å²) in [6, 6.07) is 0. The second-order valence-electron chi connectivity index (χ2n) is 3.68. The second-order valence-corrected chi connectivity index (χ2v) is 4.57. The Morgan fingerprint density at radius 1 is 1.29 bits per heavy atom. The predicted molar refractivity (Wildman–Crippen MR) is 65.2 cm³/mol. The number of unbranched alkanes of at least 4 members (excludes halogenated alkanes) is 3. The van der Waals surface area contributed by atoms with Gasteiger partial charge in [-0.2, -0.15) is 0 Å². The molecule has 0 bridgehead atoms. The Hall–Kier alpha value is -1.43. The van der Waals surface area contributed by atoms with Gasteiger partial charge < -0.3 is 10.4 Å². The molecule has 0 atom stereocenters. The van der Waals surface area contributed by atoms with Gasteiger partial charge in [-0.05, 0) is 12.8 Å². The third kappa shape index (κ3) is 6.01. The van der Waals surface area contributed by atoms with E-state index in [0.717, 1.165) is 19.3 Å². The average molecular weight is 256 g/mol. The molecule has 1 rings (SSSR count). The van der Waals surface area contributed by atoms with Crippen molar-refractivity contribution >= 4 is 23.2 Å². The van der Waals surface area contributed by atoms with Crippen LogP contribution in [0.15, 0.2) is 11.7 Å². The zero-order valence-corrected chi connectivity index (χ0v) is 10.3. The zero-order valence-electron chi connectivity index (χ0n) is 9.52. The van der Waals surface area contributed by atoms with Crippen LogP contribution in [0.4, 0.5) is 0 Å². The number of carboxylic acid groups (broad SMARTS) is 1. The highest BCUT2D eigenvalue weighted by Crippen LogP contribution is 2.05. The summed E-state index contributed by atoms with van der Waals surface area (Å²) >= 11 is 1.32. The third-order valence-corrected chi connectivity index (χ3v) is 3.03. The molecule has 0 aliphatic carbocycles. The molecule has 1 heterocycles. The van der Waals surface area contributed by atoms with Crippen LogP contribution in [0.5, 0.6) is 0 Å². The smallest absolute Gasteiger partial charge is 0.303 e. The quantitative estimate of drug-likeness (QED) is 0.696. The number of carboxylic acids is 1. The number of hydrogen-bond acceptors (Lipinski definition) is 4. The van der Waals surface area contributed by atoms with Gasteiger partial charge in [-0.3, -0.25) is 14.6 Å². The highest BCUT2D eigenvalue weighted by Gasteiger charge is 2.05. The van der Waals surface area contributed by atoms with Crippen LogP contribution in [-0.2, 0) is 4.79 Å². The molecule has 0 saturated carbocycles. The Labute approximate surface area is 104 Å². The van der Waals surface area contributed by atoms with Crippen LogP contribution in [0.1, 0.15) is 41.8 Å². The van der Waals surface area contributed by atoms with Crippen LogP contribution in [0, 0.1) is 0 Å². The Morgan fingerprint density at radius 3 is 2.71 bits per heavy atom. The fraction of sp³-hybridized carbons (Fsp3) is 0.545. The Kier molecular flexibility index (Phi) is 6.24. The van der Waals surface area contributed by atoms with Crippen molar-refractivity contribution in [3.63, 3.8) is 0 Å². The highest BCUT2D eigenvalue weighted by atomic mass is 32.1. The number of aromatic nitrogens is 1. The maximum atomic E-state index is 11.5. The van der Waals surface area contributed by atoms with Crippen LogP contribution in [0.25, 0.3) is 0 Å². The van der Waals surface area contributed by atoms with E-state index >= 15 is 0 Å². The van der Waals surface area contributed by atoms with Gasteiger partial charge in [0.05, 0.1) is 11.7 Å². The summed E-state index contributed by atoms with van der Waals surface area (Å²) in [5, 5.41) is 11.2. The molecule has 1 aromatic heterocycles. The van der Waals surface area contributed by atoms with Gasteiger partial charge >= 0.3 is 5.97 Å². The van der Waals surface area contributed by atoms with E-state index in [4.69, 9.17) is 5.11 Å². The standard InChI is InChI=1S/C11H16N2O3S/c14-10(15)5-3-1-2-4-6-13-11(16)9-7-12-8-17-9/h7-8H,1-6H2,(H,13,16)(H,14,15). The number of thiazole rings is 1. The minimum Gasteiger partial charge on any atom is -0.481 e. The summed E-state index contributed by atoms with van der Waals surface area (Å²) in [6.45, 7) is 0.629. The first-order valence-corrected chi connectivity index (χ1v) is 6.46. The van der Waals surface area contributed by atoms with Crippen molar-refractivity contribution < 1.29 is 14.7 Å². The third-order valence-electron chi connectivity index (χ3n) is 2.26. The molecule has 1 amide bonds. The first kappa shape index (κ1) is 13.6. The fourth-order valence-electron chi connectivity index (χ4n) is 1.37. The SMILES string of the molecule is O=C(O)CCCCCCNC(=O)c1cncs1. The van der Waals surface area contributed by atoms with Crippen molar-refractivity contribution in [2.24, 2.45) is 0 Å². The molecule has 0 fully saturated rings. The summed E-state index contributed by atoms with van der Waals surface area (Å²) < 4.78 is 0. The molecule has 6 heteroatoms. The van der Waals surface area contributed by atoms with E-state index < -0.39 is 5.97 Å². The van der Waals surface area contributed by atoms with Gasteiger partial charge in [-0.25, -0.2) is 0 Å². The van der Waals surface area contributed by atoms with Gasteiger partial charge in [0, 0.05) is 13.0 Å². The molecule has 0 spiro atoms. The van der Waals surface area contributed by atoms with E-state index in [1.54, 1.807) is 11.7 Å². The summed E-state index contributed by atoms with van der Waals surface area (Å²) in [7, 11) is 0. The van der Waals surface area contributed by atoms with Crippen molar-refractivity contribution in [3.05, 3.63) is 16.6 Å². The largest absolute Gasteiger partial charge is 0.481 e. The first-order valence-electron chi connectivity index (χ1n) is 5.58. The number of hydrogen-bond donors (Lipinski definition) is 2. The van der Waals surface area contributed by atoms with Crippen LogP contribution in [-0.4, -0.2) is 28.5 Å². The van der Waals surface area contributed by atoms with Crippen LogP contribution < -0.4 is 5.32 Å². The summed E-state index contributed by atoms with van der Waals surface area (Å²) in [5.74, 6) is -0.832. The average Bonchev–Trinajstić information content (AvgIpc) is 2.80. The molecule has 1 aromatic rings. The molecule has 17 heavy (non-hydrogen) atoms. The van der Waals surface area contributed by atoms with Crippen LogP contribution in [0.2, 0.25) is 0 Å². The van der Waals surface area contributed by atoms with Crippen molar-refractivity contribution in [3.8, 4) is 0 Å². The molecule has 0 saturated heterocycles. The molecular formula is C11H16N2O3S. The molecule has 0 aliphatic rings. The predicted octanol–water partition coefficient (Wildman–Crippen LogP) is 1.91. The molecule has 0 aliphatic heterocycles. The number of amides is 1. The van der Waals surface area contributed by atoms with Crippen molar-refractivity contribution in [2.75, 3.05) is 6.54 Å². The zero-order chi connectivity index (χ0) is 12.5. The fourth-order valence-corrected chi connectivity index (χ4v) is 1.91. The molecule has 0 aromatic carbocycles. The van der Waals surface area contributed by atoms with Crippen molar-refractivity contribution in [1.29, 1.82) is 0 Å². The normalized spacial score (nSPS) is 10.1. The lowest BCUT2D eigenvalue weighted by Crippen LogP contribution is -2.23. The van der Waals surface area contributed by atoms with Gasteiger partial charge in [-0.15, -0.1) is 11.3 Å². The summed E-state index contributed by atoms with van der Waals surface area (Å²) in [4.78, 5) is 26.2. The van der Waals surface area contributed by atoms with Gasteiger partial charge in [-0.1, -0.05) is 12.8 Å². The molecule has 0 radical (unpaired) electrons. The van der Waals surface area contributed by atoms with Crippen molar-refractivity contribution in [1.82, 2.24) is 10.3 Å². The molecular weight excluding hydrogens is 240 g/mol. The maximum Gasteiger partial charge on any atom is 0.303 e. The van der Waals surface area contributed by atoms with Gasteiger partial charge in [0.1, 0.15) is 4.88 Å². The summed E-state index contributed by atoms with van der Waals surface area (Å²) in [5.41, 5.74) is 1.63. The Bertz CT molecular complexity index is 352. The van der Waals surface area contributed by atoms with Gasteiger partial charge in [0.25, 0.3) is 5.91 Å². The monoisotopic (exact) mass is 256 g/mol. The number of nitrogens with zero attached hydrogens (tertiary/aromatic N) is 1. The van der Waals surface area contributed by atoms with E-state index in [1.807, 2.05) is 0 Å². The minimum absolute atomic E-state index is 0.0852. The Morgan fingerprint density at radius 2 is 2.06 bits per heavy atom. The lowest BCUT2D eigenvalue weighted by Gasteiger charge is -2.02. The number of carbonyl (C=O) groups is 2. The number of rotatable bonds is 8. The van der Waals surface area contributed by atoms with E-state index in [9.17, 15) is 9.59 Å². The first-order chi connectivity index (χ1) is 8.20. The maximum absolute atomic E-state index is 11.5. The van der Waals surface area contributed by atoms with E-state index in [0.29, 0.717) is 17.8 Å². The van der Waals surface area contributed by atoms with Crippen molar-refractivity contribution in [2.45, 2.75) is 32.1 Å². The summed E-state index contributed by atoms with van der Waals surface area (Å²) in [6.07, 6.45) is 5.20. The topological polar surface area (TPSA) is 79.3 Å². The van der Waals surface area contributed by atoms with Gasteiger partial charge in [0.15, 0.2) is 0 Å². The number of carbonyl (C=O) groups excluding carboxylic acids is 1. The Balaban J connectivity index is 1.97. The number of aliphatic carboxylic acids is 1. The number of nitrogens with one attached hydrogen (secondary N) is 1. The highest BCUT2D eigenvalue weighted by molar-refractivity contribution is 7.11. The van der Waals surface area contributed by atoms with Crippen LogP contribution in [0.3, 0.4) is 0 Å². The molecule has 5 nitrogen and oxygen atoms in total. The van der Waals surface area contributed by atoms with Crippen LogP contribution >= 0.6 is 11.3 Å². The van der Waals surface area contributed by atoms with E-state index in [-0.39, 0.29) is 12.3 Å². The molecule has 0 unspecified atom stereocenters. The molecule has 2 N–H and O–H groups in total.